The minimum atomic E-state index is -0.476. The van der Waals surface area contributed by atoms with Gasteiger partial charge in [-0.1, -0.05) is 6.07 Å². The van der Waals surface area contributed by atoms with Crippen molar-refractivity contribution in [3.63, 3.8) is 0 Å². The molecule has 2 atom stereocenters. The van der Waals surface area contributed by atoms with E-state index < -0.39 is 5.82 Å². The van der Waals surface area contributed by atoms with E-state index in [-0.39, 0.29) is 29.6 Å². The summed E-state index contributed by atoms with van der Waals surface area (Å²) in [5.74, 6) is -0.998. The van der Waals surface area contributed by atoms with Crippen LogP contribution in [0.3, 0.4) is 0 Å². The molecule has 1 aromatic rings. The Hall–Kier alpha value is -2.31. The number of benzene rings is 1. The third-order valence-electron chi connectivity index (χ3n) is 3.89. The molecule has 3 N–H and O–H groups in total. The van der Waals surface area contributed by atoms with Crippen molar-refractivity contribution in [2.75, 3.05) is 20.2 Å². The van der Waals surface area contributed by atoms with Crippen molar-refractivity contribution in [3.8, 4) is 5.75 Å². The Labute approximate surface area is 128 Å². The normalized spacial score (nSPS) is 18.9. The molecule has 1 heterocycles. The van der Waals surface area contributed by atoms with Crippen LogP contribution in [0.2, 0.25) is 0 Å². The molecule has 3 amide bonds. The van der Waals surface area contributed by atoms with E-state index in [1.165, 1.54) is 19.2 Å². The van der Waals surface area contributed by atoms with E-state index in [9.17, 15) is 14.0 Å². The van der Waals surface area contributed by atoms with Gasteiger partial charge >= 0.3 is 6.03 Å². The van der Waals surface area contributed by atoms with Gasteiger partial charge < -0.3 is 20.7 Å². The fraction of sp³-hybridized carbons (Fsp3) is 0.467. The van der Waals surface area contributed by atoms with Crippen LogP contribution < -0.4 is 15.8 Å². The lowest BCUT2D eigenvalue weighted by molar-refractivity contribution is -0.121. The van der Waals surface area contributed by atoms with Crippen LogP contribution in [0.15, 0.2) is 18.2 Å². The molecule has 1 saturated heterocycles. The molecule has 2 rings (SSSR count). The zero-order valence-corrected chi connectivity index (χ0v) is 12.6. The van der Waals surface area contributed by atoms with Gasteiger partial charge in [-0.2, -0.15) is 0 Å². The summed E-state index contributed by atoms with van der Waals surface area (Å²) < 4.78 is 18.6. The van der Waals surface area contributed by atoms with Crippen molar-refractivity contribution in [2.45, 2.75) is 19.4 Å². The van der Waals surface area contributed by atoms with Crippen molar-refractivity contribution in [3.05, 3.63) is 29.6 Å². The Bertz CT molecular complexity index is 579. The number of carbonyl (C=O) groups is 2. The Morgan fingerprint density at radius 1 is 1.50 bits per heavy atom. The van der Waals surface area contributed by atoms with Crippen LogP contribution >= 0.6 is 0 Å². The molecular formula is C15H20FN3O3. The third kappa shape index (κ3) is 3.47. The summed E-state index contributed by atoms with van der Waals surface area (Å²) in [7, 11) is 1.39. The van der Waals surface area contributed by atoms with Gasteiger partial charge in [-0.25, -0.2) is 9.18 Å². The molecule has 0 radical (unpaired) electrons. The molecule has 1 aromatic carbocycles. The van der Waals surface area contributed by atoms with Gasteiger partial charge in [-0.05, 0) is 31.0 Å². The van der Waals surface area contributed by atoms with Gasteiger partial charge in [-0.15, -0.1) is 0 Å². The number of amides is 3. The van der Waals surface area contributed by atoms with Crippen LogP contribution in [0.25, 0.3) is 0 Å². The summed E-state index contributed by atoms with van der Waals surface area (Å²) in [6.45, 7) is 2.58. The number of nitrogens with one attached hydrogen (secondary N) is 1. The first-order valence-electron chi connectivity index (χ1n) is 7.10. The molecule has 6 nitrogen and oxygen atoms in total. The molecule has 0 aliphatic carbocycles. The quantitative estimate of drug-likeness (QED) is 0.882. The predicted molar refractivity (Wildman–Crippen MR) is 78.8 cm³/mol. The van der Waals surface area contributed by atoms with Crippen LogP contribution in [-0.4, -0.2) is 37.0 Å². The highest BCUT2D eigenvalue weighted by Crippen LogP contribution is 2.22. The number of hydrogen-bond donors (Lipinski definition) is 2. The van der Waals surface area contributed by atoms with Gasteiger partial charge in [0.05, 0.1) is 19.1 Å². The summed E-state index contributed by atoms with van der Waals surface area (Å²) in [6.07, 6.45) is 0.578. The van der Waals surface area contributed by atoms with Crippen molar-refractivity contribution in [2.24, 2.45) is 11.7 Å². The molecule has 0 saturated carbocycles. The molecule has 0 spiro atoms. The highest BCUT2D eigenvalue weighted by molar-refractivity contribution is 5.80. The number of rotatable bonds is 4. The molecule has 22 heavy (non-hydrogen) atoms. The average Bonchev–Trinajstić information content (AvgIpc) is 2.97. The van der Waals surface area contributed by atoms with Crippen molar-refractivity contribution in [1.29, 1.82) is 0 Å². The highest BCUT2D eigenvalue weighted by atomic mass is 19.1. The number of hydrogen-bond acceptors (Lipinski definition) is 3. The lowest BCUT2D eigenvalue weighted by Crippen LogP contribution is -2.40. The Morgan fingerprint density at radius 3 is 2.77 bits per heavy atom. The van der Waals surface area contributed by atoms with Gasteiger partial charge in [0.2, 0.25) is 5.91 Å². The van der Waals surface area contributed by atoms with E-state index in [1.807, 2.05) is 0 Å². The second kappa shape index (κ2) is 6.64. The fourth-order valence-electron chi connectivity index (χ4n) is 2.49. The summed E-state index contributed by atoms with van der Waals surface area (Å²) in [6, 6.07) is 3.91. The minimum Gasteiger partial charge on any atom is -0.494 e. The molecule has 0 bridgehead atoms. The van der Waals surface area contributed by atoms with Crippen molar-refractivity contribution >= 4 is 11.9 Å². The molecule has 1 fully saturated rings. The van der Waals surface area contributed by atoms with Crippen LogP contribution in [0, 0.1) is 11.7 Å². The molecule has 7 heteroatoms. The van der Waals surface area contributed by atoms with E-state index in [2.05, 4.69) is 5.32 Å². The number of carbonyl (C=O) groups excluding carboxylic acids is 2. The number of urea groups is 1. The van der Waals surface area contributed by atoms with Gasteiger partial charge in [0.1, 0.15) is 0 Å². The van der Waals surface area contributed by atoms with Crippen molar-refractivity contribution in [1.82, 2.24) is 10.2 Å². The number of primary amides is 1. The van der Waals surface area contributed by atoms with Gasteiger partial charge in [0, 0.05) is 13.1 Å². The Balaban J connectivity index is 1.97. The molecular weight excluding hydrogens is 289 g/mol. The van der Waals surface area contributed by atoms with Crippen LogP contribution in [0.1, 0.15) is 24.9 Å². The zero-order valence-electron chi connectivity index (χ0n) is 12.6. The smallest absolute Gasteiger partial charge is 0.317 e. The molecule has 120 valence electrons. The van der Waals surface area contributed by atoms with E-state index in [4.69, 9.17) is 10.5 Å². The second-order valence-electron chi connectivity index (χ2n) is 5.40. The van der Waals surface area contributed by atoms with Crippen LogP contribution in [0.4, 0.5) is 9.18 Å². The monoisotopic (exact) mass is 309 g/mol. The molecule has 1 aliphatic rings. The van der Waals surface area contributed by atoms with Crippen LogP contribution in [0.5, 0.6) is 5.75 Å². The SMILES string of the molecule is COc1ccc(C(C)NC(=O)N2CCC(C(N)=O)C2)cc1F. The first-order valence-corrected chi connectivity index (χ1v) is 7.10. The van der Waals surface area contributed by atoms with E-state index in [1.54, 1.807) is 17.9 Å². The standard InChI is InChI=1S/C15H20FN3O3/c1-9(10-3-4-13(22-2)12(16)7-10)18-15(21)19-6-5-11(8-19)14(17)20/h3-4,7,9,11H,5-6,8H2,1-2H3,(H2,17,20)(H,18,21). The number of halogens is 1. The van der Waals surface area contributed by atoms with Gasteiger partial charge in [0.15, 0.2) is 11.6 Å². The first kappa shape index (κ1) is 16.1. The highest BCUT2D eigenvalue weighted by Gasteiger charge is 2.30. The number of likely N-dealkylation sites (tertiary alicyclic amines) is 1. The zero-order chi connectivity index (χ0) is 16.3. The molecule has 1 aliphatic heterocycles. The van der Waals surface area contributed by atoms with Crippen LogP contribution in [-0.2, 0) is 4.79 Å². The van der Waals surface area contributed by atoms with E-state index >= 15 is 0 Å². The maximum absolute atomic E-state index is 13.7. The molecule has 2 unspecified atom stereocenters. The predicted octanol–water partition coefficient (Wildman–Crippen LogP) is 1.41. The Morgan fingerprint density at radius 2 is 2.23 bits per heavy atom. The summed E-state index contributed by atoms with van der Waals surface area (Å²) >= 11 is 0. The maximum atomic E-state index is 13.7. The number of nitrogens with zero attached hydrogens (tertiary/aromatic N) is 1. The number of ether oxygens (including phenoxy) is 1. The van der Waals surface area contributed by atoms with Gasteiger partial charge in [0.25, 0.3) is 0 Å². The summed E-state index contributed by atoms with van der Waals surface area (Å²) in [5, 5.41) is 2.79. The minimum absolute atomic E-state index is 0.158. The fourth-order valence-corrected chi connectivity index (χ4v) is 2.49. The largest absolute Gasteiger partial charge is 0.494 e. The topological polar surface area (TPSA) is 84.7 Å². The van der Waals surface area contributed by atoms with E-state index in [0.29, 0.717) is 25.1 Å². The van der Waals surface area contributed by atoms with E-state index in [0.717, 1.165) is 0 Å². The Kier molecular flexibility index (Phi) is 4.85. The lowest BCUT2D eigenvalue weighted by atomic mass is 10.1. The third-order valence-corrected chi connectivity index (χ3v) is 3.89. The average molecular weight is 309 g/mol. The lowest BCUT2D eigenvalue weighted by Gasteiger charge is -2.21. The molecule has 0 aromatic heterocycles. The van der Waals surface area contributed by atoms with Gasteiger partial charge in [-0.3, -0.25) is 4.79 Å². The number of nitrogens with two attached hydrogens (primary N) is 1. The first-order chi connectivity index (χ1) is 10.4. The van der Waals surface area contributed by atoms with Crippen molar-refractivity contribution < 1.29 is 18.7 Å². The second-order valence-corrected chi connectivity index (χ2v) is 5.40. The maximum Gasteiger partial charge on any atom is 0.317 e. The summed E-state index contributed by atoms with van der Waals surface area (Å²) in [5.41, 5.74) is 5.88. The number of methoxy groups -OCH3 is 1. The summed E-state index contributed by atoms with van der Waals surface area (Å²) in [4.78, 5) is 24.8.